The number of aliphatic imine (C=N–C) groups is 1. The number of rotatable bonds is 8. The summed E-state index contributed by atoms with van der Waals surface area (Å²) < 4.78 is 15.5. The van der Waals surface area contributed by atoms with Crippen LogP contribution in [0.3, 0.4) is 0 Å². The number of piperidine rings is 1. The topological polar surface area (TPSA) is 70.4 Å². The number of nitrogens with one attached hydrogen (secondary N) is 2. The van der Waals surface area contributed by atoms with Crippen molar-refractivity contribution >= 4 is 47.4 Å². The summed E-state index contributed by atoms with van der Waals surface area (Å²) >= 11 is 1.85. The van der Waals surface area contributed by atoms with Gasteiger partial charge in [-0.25, -0.2) is 9.38 Å². The van der Waals surface area contributed by atoms with Crippen LogP contribution in [0.15, 0.2) is 29.3 Å². The van der Waals surface area contributed by atoms with Crippen LogP contribution in [0.25, 0.3) is 0 Å². The number of thioether (sulfide) groups is 1. The zero-order valence-electron chi connectivity index (χ0n) is 18.5. The van der Waals surface area contributed by atoms with Gasteiger partial charge in [0.2, 0.25) is 0 Å². The van der Waals surface area contributed by atoms with Crippen molar-refractivity contribution in [3.05, 3.63) is 41.7 Å². The Kier molecular flexibility index (Phi) is 10.9. The molecule has 0 saturated carbocycles. The van der Waals surface area contributed by atoms with Crippen molar-refractivity contribution < 1.29 is 4.39 Å². The van der Waals surface area contributed by atoms with Gasteiger partial charge in [-0.05, 0) is 56.4 Å². The van der Waals surface area contributed by atoms with Gasteiger partial charge < -0.3 is 20.1 Å². The van der Waals surface area contributed by atoms with Crippen LogP contribution in [0.2, 0.25) is 0 Å². The van der Waals surface area contributed by atoms with E-state index in [2.05, 4.69) is 32.0 Å². The molecule has 3 rings (SSSR count). The molecule has 0 atom stereocenters. The summed E-state index contributed by atoms with van der Waals surface area (Å²) in [5.74, 6) is 3.48. The molecule has 0 spiro atoms. The van der Waals surface area contributed by atoms with Crippen molar-refractivity contribution in [2.24, 2.45) is 12.0 Å². The lowest BCUT2D eigenvalue weighted by molar-refractivity contribution is 0.460. The van der Waals surface area contributed by atoms with Crippen LogP contribution in [0.1, 0.15) is 30.9 Å². The predicted octanol–water partition coefficient (Wildman–Crippen LogP) is 3.34. The van der Waals surface area contributed by atoms with Crippen LogP contribution in [-0.2, 0) is 13.6 Å². The number of aromatic nitrogens is 3. The lowest BCUT2D eigenvalue weighted by atomic mass is 10.0. The molecule has 1 aliphatic rings. The molecule has 2 N–H and O–H groups in total. The maximum atomic E-state index is 13.5. The Balaban J connectivity index is 0.00000341. The van der Waals surface area contributed by atoms with Gasteiger partial charge in [0.25, 0.3) is 0 Å². The van der Waals surface area contributed by atoms with Gasteiger partial charge >= 0.3 is 0 Å². The summed E-state index contributed by atoms with van der Waals surface area (Å²) in [6.07, 6.45) is 5.16. The van der Waals surface area contributed by atoms with Crippen molar-refractivity contribution in [2.45, 2.75) is 38.8 Å². The third-order valence-electron chi connectivity index (χ3n) is 5.39. The lowest BCUT2D eigenvalue weighted by Crippen LogP contribution is -2.49. The Morgan fingerprint density at radius 3 is 2.71 bits per heavy atom. The third-order valence-corrected chi connectivity index (χ3v) is 6.09. The van der Waals surface area contributed by atoms with Gasteiger partial charge in [0, 0.05) is 38.4 Å². The smallest absolute Gasteiger partial charge is 0.191 e. The average molecular weight is 562 g/mol. The molecule has 172 valence electrons. The van der Waals surface area contributed by atoms with Gasteiger partial charge in [-0.15, -0.1) is 34.2 Å². The minimum atomic E-state index is -0.185. The van der Waals surface area contributed by atoms with E-state index in [0.29, 0.717) is 12.6 Å². The van der Waals surface area contributed by atoms with Crippen LogP contribution >= 0.6 is 35.7 Å². The zero-order chi connectivity index (χ0) is 21.3. The molecule has 7 nitrogen and oxygen atoms in total. The molecule has 0 radical (unpaired) electrons. The second-order valence-electron chi connectivity index (χ2n) is 7.55. The second-order valence-corrected chi connectivity index (χ2v) is 8.53. The molecule has 31 heavy (non-hydrogen) atoms. The Hall–Kier alpha value is -1.56. The maximum Gasteiger partial charge on any atom is 0.191 e. The largest absolute Gasteiger partial charge is 0.371 e. The fourth-order valence-corrected chi connectivity index (χ4v) is 3.90. The molecule has 1 saturated heterocycles. The fourth-order valence-electron chi connectivity index (χ4n) is 3.46. The molecular weight excluding hydrogens is 528 g/mol. The van der Waals surface area contributed by atoms with Gasteiger partial charge in [0.05, 0.1) is 0 Å². The quantitative estimate of drug-likeness (QED) is 0.223. The van der Waals surface area contributed by atoms with Crippen molar-refractivity contribution in [1.82, 2.24) is 25.4 Å². The van der Waals surface area contributed by atoms with Crippen LogP contribution in [0, 0.1) is 12.7 Å². The number of guanidine groups is 1. The molecule has 0 amide bonds. The van der Waals surface area contributed by atoms with Crippen molar-refractivity contribution in [3.63, 3.8) is 0 Å². The highest BCUT2D eigenvalue weighted by Gasteiger charge is 2.20. The first-order valence-electron chi connectivity index (χ1n) is 10.5. The van der Waals surface area contributed by atoms with E-state index in [1.165, 1.54) is 6.07 Å². The Bertz CT molecular complexity index is 837. The molecule has 0 unspecified atom stereocenters. The van der Waals surface area contributed by atoms with Gasteiger partial charge in [-0.2, -0.15) is 11.8 Å². The summed E-state index contributed by atoms with van der Waals surface area (Å²) in [4.78, 5) is 6.99. The molecule has 1 fully saturated rings. The number of benzene rings is 1. The highest BCUT2D eigenvalue weighted by Crippen LogP contribution is 2.20. The second kappa shape index (κ2) is 13.1. The first-order chi connectivity index (χ1) is 14.6. The SMILES string of the molecule is CSCCCNC(=NCc1nnc(C)n1C)NC1CCN(c2cccc(F)c2)CC1.I. The molecule has 1 aromatic heterocycles. The number of halogens is 2. The van der Waals surface area contributed by atoms with Crippen LogP contribution < -0.4 is 15.5 Å². The van der Waals surface area contributed by atoms with E-state index >= 15 is 0 Å². The standard InChI is InChI=1S/C21H32FN7S.HI/c1-16-26-27-20(28(16)2)15-24-21(23-10-5-13-30-3)25-18-8-11-29(12-9-18)19-7-4-6-17(22)14-19;/h4,6-7,14,18H,5,8-13,15H2,1-3H3,(H2,23,24,25);1H. The fraction of sp³-hybridized carbons (Fsp3) is 0.571. The van der Waals surface area contributed by atoms with Gasteiger partial charge in [-0.1, -0.05) is 6.07 Å². The zero-order valence-corrected chi connectivity index (χ0v) is 21.6. The third kappa shape index (κ3) is 7.81. The summed E-state index contributed by atoms with van der Waals surface area (Å²) in [6.45, 7) is 5.09. The molecule has 2 heterocycles. The highest BCUT2D eigenvalue weighted by atomic mass is 127. The monoisotopic (exact) mass is 561 g/mol. The predicted molar refractivity (Wildman–Crippen MR) is 138 cm³/mol. The molecular formula is C21H33FIN7S. The molecule has 1 aromatic carbocycles. The number of hydrogen-bond donors (Lipinski definition) is 2. The van der Waals surface area contributed by atoms with E-state index in [9.17, 15) is 4.39 Å². The van der Waals surface area contributed by atoms with Crippen molar-refractivity contribution in [1.29, 1.82) is 0 Å². The number of anilines is 1. The van der Waals surface area contributed by atoms with Crippen LogP contribution in [0.4, 0.5) is 10.1 Å². The summed E-state index contributed by atoms with van der Waals surface area (Å²) in [5, 5.41) is 15.4. The summed E-state index contributed by atoms with van der Waals surface area (Å²) in [7, 11) is 1.96. The minimum Gasteiger partial charge on any atom is -0.371 e. The highest BCUT2D eigenvalue weighted by molar-refractivity contribution is 14.0. The van der Waals surface area contributed by atoms with E-state index in [4.69, 9.17) is 4.99 Å². The Morgan fingerprint density at radius 1 is 1.29 bits per heavy atom. The minimum absolute atomic E-state index is 0. The van der Waals surface area contributed by atoms with Gasteiger partial charge in [-0.3, -0.25) is 0 Å². The van der Waals surface area contributed by atoms with E-state index < -0.39 is 0 Å². The van der Waals surface area contributed by atoms with E-state index in [1.807, 2.05) is 36.4 Å². The average Bonchev–Trinajstić information content (AvgIpc) is 3.07. The number of nitrogens with zero attached hydrogens (tertiary/aromatic N) is 5. The van der Waals surface area contributed by atoms with E-state index in [0.717, 1.165) is 67.9 Å². The van der Waals surface area contributed by atoms with Gasteiger partial charge in [0.15, 0.2) is 11.8 Å². The van der Waals surface area contributed by atoms with Crippen LogP contribution in [-0.4, -0.2) is 58.4 Å². The van der Waals surface area contributed by atoms with Crippen molar-refractivity contribution in [3.8, 4) is 0 Å². The molecule has 1 aliphatic heterocycles. The first kappa shape index (κ1) is 25.7. The molecule has 0 bridgehead atoms. The van der Waals surface area contributed by atoms with E-state index in [1.54, 1.807) is 12.1 Å². The first-order valence-corrected chi connectivity index (χ1v) is 11.9. The summed E-state index contributed by atoms with van der Waals surface area (Å²) in [5.41, 5.74) is 0.954. The normalized spacial score (nSPS) is 15.0. The van der Waals surface area contributed by atoms with Crippen molar-refractivity contribution in [2.75, 3.05) is 36.5 Å². The Labute approximate surface area is 205 Å². The number of aryl methyl sites for hydroxylation is 1. The lowest BCUT2D eigenvalue weighted by Gasteiger charge is -2.34. The van der Waals surface area contributed by atoms with Crippen LogP contribution in [0.5, 0.6) is 0 Å². The van der Waals surface area contributed by atoms with Gasteiger partial charge in [0.1, 0.15) is 18.2 Å². The number of hydrogen-bond acceptors (Lipinski definition) is 5. The Morgan fingerprint density at radius 2 is 2.06 bits per heavy atom. The molecule has 2 aromatic rings. The maximum absolute atomic E-state index is 13.5. The molecule has 10 heteroatoms. The van der Waals surface area contributed by atoms with E-state index in [-0.39, 0.29) is 29.8 Å². The summed E-state index contributed by atoms with van der Waals surface area (Å²) in [6, 6.07) is 7.17. The molecule has 0 aliphatic carbocycles.